The van der Waals surface area contributed by atoms with E-state index in [1.54, 1.807) is 36.9 Å². The van der Waals surface area contributed by atoms with Crippen molar-refractivity contribution < 1.29 is 13.9 Å². The molecule has 39 heavy (non-hydrogen) atoms. The Morgan fingerprint density at radius 2 is 1.79 bits per heavy atom. The first kappa shape index (κ1) is 28.2. The highest BCUT2D eigenvalue weighted by molar-refractivity contribution is 7.99. The predicted molar refractivity (Wildman–Crippen MR) is 150 cm³/mol. The molecule has 11 heteroatoms. The molecule has 0 aliphatic heterocycles. The number of nitrogens with zero attached hydrogens (tertiary/aromatic N) is 5. The lowest BCUT2D eigenvalue weighted by Gasteiger charge is -2.11. The SMILES string of the molecule is CCCCCCn1c(COc2ccccc2F)nnc1SCC(=O)Nc1c(C)n(C)n(-c2ccccc2)c1=O. The Hall–Kier alpha value is -3.86. The lowest BCUT2D eigenvalue weighted by Crippen LogP contribution is -2.23. The highest BCUT2D eigenvalue weighted by Gasteiger charge is 2.20. The molecule has 0 aliphatic carbocycles. The van der Waals surface area contributed by atoms with Crippen LogP contribution in [0.5, 0.6) is 5.75 Å². The van der Waals surface area contributed by atoms with Crippen LogP contribution in [0.3, 0.4) is 0 Å². The number of benzene rings is 2. The van der Waals surface area contributed by atoms with E-state index in [4.69, 9.17) is 4.74 Å². The summed E-state index contributed by atoms with van der Waals surface area (Å²) in [4.78, 5) is 26.0. The van der Waals surface area contributed by atoms with Crippen LogP contribution < -0.4 is 15.6 Å². The number of carbonyl (C=O) groups excluding carboxylic acids is 1. The van der Waals surface area contributed by atoms with Crippen LogP contribution in [0.15, 0.2) is 64.5 Å². The highest BCUT2D eigenvalue weighted by Crippen LogP contribution is 2.22. The second kappa shape index (κ2) is 13.3. The van der Waals surface area contributed by atoms with Crippen molar-refractivity contribution in [3.63, 3.8) is 0 Å². The summed E-state index contributed by atoms with van der Waals surface area (Å²) in [7, 11) is 1.78. The van der Waals surface area contributed by atoms with Gasteiger partial charge in [-0.15, -0.1) is 10.2 Å². The first-order chi connectivity index (χ1) is 18.9. The maximum absolute atomic E-state index is 14.0. The van der Waals surface area contributed by atoms with Gasteiger partial charge >= 0.3 is 0 Å². The summed E-state index contributed by atoms with van der Waals surface area (Å²) in [5.41, 5.74) is 1.30. The quantitative estimate of drug-likeness (QED) is 0.183. The lowest BCUT2D eigenvalue weighted by atomic mass is 10.2. The van der Waals surface area contributed by atoms with Gasteiger partial charge in [0.05, 0.1) is 17.1 Å². The zero-order chi connectivity index (χ0) is 27.8. The average Bonchev–Trinajstić information content (AvgIpc) is 3.42. The normalized spacial score (nSPS) is 11.1. The number of aromatic nitrogens is 5. The fraction of sp³-hybridized carbons (Fsp3) is 0.357. The minimum Gasteiger partial charge on any atom is -0.483 e. The second-order valence-electron chi connectivity index (χ2n) is 9.10. The number of halogens is 1. The van der Waals surface area contributed by atoms with Crippen LogP contribution in [0.4, 0.5) is 10.1 Å². The molecule has 0 saturated heterocycles. The fourth-order valence-electron chi connectivity index (χ4n) is 4.18. The van der Waals surface area contributed by atoms with Crippen LogP contribution in [0, 0.1) is 12.7 Å². The number of unbranched alkanes of at least 4 members (excludes halogenated alkanes) is 3. The van der Waals surface area contributed by atoms with Gasteiger partial charge in [0.15, 0.2) is 22.5 Å². The number of hydrogen-bond donors (Lipinski definition) is 1. The number of rotatable bonds is 13. The molecule has 1 amide bonds. The smallest absolute Gasteiger partial charge is 0.295 e. The molecule has 2 aromatic heterocycles. The lowest BCUT2D eigenvalue weighted by molar-refractivity contribution is -0.113. The van der Waals surface area contributed by atoms with E-state index in [2.05, 4.69) is 22.4 Å². The van der Waals surface area contributed by atoms with Crippen molar-refractivity contribution in [2.24, 2.45) is 7.05 Å². The summed E-state index contributed by atoms with van der Waals surface area (Å²) in [5.74, 6) is -0.0234. The minimum atomic E-state index is -0.444. The van der Waals surface area contributed by atoms with Crippen molar-refractivity contribution >= 4 is 23.4 Å². The van der Waals surface area contributed by atoms with E-state index < -0.39 is 5.82 Å². The summed E-state index contributed by atoms with van der Waals surface area (Å²) in [5, 5.41) is 11.9. The average molecular weight is 553 g/mol. The zero-order valence-corrected chi connectivity index (χ0v) is 23.2. The molecule has 2 heterocycles. The number of ether oxygens (including phenoxy) is 1. The molecule has 4 aromatic rings. The molecule has 206 valence electrons. The Morgan fingerprint density at radius 3 is 2.54 bits per heavy atom. The van der Waals surface area contributed by atoms with Crippen molar-refractivity contribution in [3.8, 4) is 11.4 Å². The second-order valence-corrected chi connectivity index (χ2v) is 10.0. The number of anilines is 1. The van der Waals surface area contributed by atoms with E-state index in [0.29, 0.717) is 28.9 Å². The molecule has 9 nitrogen and oxygen atoms in total. The molecule has 0 fully saturated rings. The summed E-state index contributed by atoms with van der Waals surface area (Å²) >= 11 is 1.23. The molecule has 0 spiro atoms. The zero-order valence-electron chi connectivity index (χ0n) is 22.4. The van der Waals surface area contributed by atoms with Crippen LogP contribution in [-0.4, -0.2) is 35.8 Å². The van der Waals surface area contributed by atoms with Crippen molar-refractivity contribution in [2.75, 3.05) is 11.1 Å². The first-order valence-corrected chi connectivity index (χ1v) is 13.9. The summed E-state index contributed by atoms with van der Waals surface area (Å²) < 4.78 is 24.8. The molecule has 0 unspecified atom stereocenters. The van der Waals surface area contributed by atoms with Crippen LogP contribution in [-0.2, 0) is 25.0 Å². The number of hydrogen-bond acceptors (Lipinski definition) is 6. The van der Waals surface area contributed by atoms with Gasteiger partial charge in [-0.05, 0) is 37.6 Å². The van der Waals surface area contributed by atoms with E-state index >= 15 is 0 Å². The van der Waals surface area contributed by atoms with Crippen molar-refractivity contribution in [2.45, 2.75) is 57.8 Å². The molecule has 0 atom stereocenters. The van der Waals surface area contributed by atoms with Gasteiger partial charge in [0.2, 0.25) is 5.91 Å². The Balaban J connectivity index is 1.45. The summed E-state index contributed by atoms with van der Waals surface area (Å²) in [6.07, 6.45) is 4.19. The number of carbonyl (C=O) groups is 1. The molecular weight excluding hydrogens is 519 g/mol. The molecule has 4 rings (SSSR count). The molecule has 2 aromatic carbocycles. The first-order valence-electron chi connectivity index (χ1n) is 13.0. The van der Waals surface area contributed by atoms with Gasteiger partial charge in [0, 0.05) is 13.6 Å². The number of amides is 1. The van der Waals surface area contributed by atoms with Gasteiger partial charge in [-0.25, -0.2) is 9.07 Å². The molecule has 1 N–H and O–H groups in total. The van der Waals surface area contributed by atoms with E-state index in [9.17, 15) is 14.0 Å². The van der Waals surface area contributed by atoms with Gasteiger partial charge in [0.1, 0.15) is 12.3 Å². The predicted octanol–water partition coefficient (Wildman–Crippen LogP) is 5.11. The van der Waals surface area contributed by atoms with Crippen molar-refractivity contribution in [1.29, 1.82) is 0 Å². The van der Waals surface area contributed by atoms with E-state index in [1.807, 2.05) is 34.9 Å². The van der Waals surface area contributed by atoms with Crippen LogP contribution in [0.2, 0.25) is 0 Å². The minimum absolute atomic E-state index is 0.0420. The highest BCUT2D eigenvalue weighted by atomic mass is 32.2. The number of thioether (sulfide) groups is 1. The Morgan fingerprint density at radius 1 is 1.05 bits per heavy atom. The third-order valence-electron chi connectivity index (χ3n) is 6.37. The van der Waals surface area contributed by atoms with Gasteiger partial charge < -0.3 is 14.6 Å². The third kappa shape index (κ3) is 6.78. The van der Waals surface area contributed by atoms with E-state index in [1.165, 1.54) is 22.5 Å². The van der Waals surface area contributed by atoms with Gasteiger partial charge in [-0.3, -0.25) is 14.3 Å². The topological polar surface area (TPSA) is 96.0 Å². The standard InChI is InChI=1S/C28H33FN6O3S/c1-4-5-6-12-17-34-24(18-38-23-16-11-10-15-22(23)29)31-32-28(34)39-19-25(36)30-26-20(2)33(3)35(27(26)37)21-13-8-7-9-14-21/h7-11,13-16H,4-6,12,17-19H2,1-3H3,(H,30,36). The molecular formula is C28H33FN6O3S. The largest absolute Gasteiger partial charge is 0.483 e. The number of para-hydroxylation sites is 2. The van der Waals surface area contributed by atoms with Crippen molar-refractivity contribution in [3.05, 3.63) is 82.3 Å². The molecule has 0 saturated carbocycles. The maximum atomic E-state index is 14.0. The van der Waals surface area contributed by atoms with Crippen LogP contribution >= 0.6 is 11.8 Å². The van der Waals surface area contributed by atoms with Gasteiger partial charge in [-0.2, -0.15) is 0 Å². The van der Waals surface area contributed by atoms with Crippen LogP contribution in [0.25, 0.3) is 5.69 Å². The monoisotopic (exact) mass is 552 g/mol. The fourth-order valence-corrected chi connectivity index (χ4v) is 4.96. The Kier molecular flexibility index (Phi) is 9.59. The van der Waals surface area contributed by atoms with Gasteiger partial charge in [-0.1, -0.05) is 68.3 Å². The number of nitrogens with one attached hydrogen (secondary N) is 1. The summed E-state index contributed by atoms with van der Waals surface area (Å²) in [6, 6.07) is 15.5. The summed E-state index contributed by atoms with van der Waals surface area (Å²) in [6.45, 7) is 4.65. The van der Waals surface area contributed by atoms with Crippen LogP contribution in [0.1, 0.15) is 44.1 Å². The van der Waals surface area contributed by atoms with Gasteiger partial charge in [0.25, 0.3) is 5.56 Å². The molecule has 0 aliphatic rings. The third-order valence-corrected chi connectivity index (χ3v) is 7.34. The van der Waals surface area contributed by atoms with Crippen molar-refractivity contribution in [1.82, 2.24) is 24.1 Å². The Bertz CT molecular complexity index is 1460. The Labute approximate surface area is 231 Å². The van der Waals surface area contributed by atoms with E-state index in [0.717, 1.165) is 25.7 Å². The van der Waals surface area contributed by atoms with E-state index in [-0.39, 0.29) is 35.3 Å². The maximum Gasteiger partial charge on any atom is 0.295 e. The molecule has 0 radical (unpaired) electrons. The molecule has 0 bridgehead atoms.